The first-order valence-electron chi connectivity index (χ1n) is 16.9. The molecule has 1 unspecified atom stereocenters. The Morgan fingerprint density at radius 3 is 2.17 bits per heavy atom. The third-order valence-electron chi connectivity index (χ3n) is 11.0. The first-order chi connectivity index (χ1) is 22.3. The molecule has 1 aromatic carbocycles. The van der Waals surface area contributed by atoms with Crippen molar-refractivity contribution < 1.29 is 57.0 Å². The molecule has 0 aromatic heterocycles. The van der Waals surface area contributed by atoms with Gasteiger partial charge in [0, 0.05) is 28.7 Å². The van der Waals surface area contributed by atoms with E-state index >= 15 is 0 Å². The van der Waals surface area contributed by atoms with E-state index in [1.54, 1.807) is 6.07 Å². The molecule has 7 atom stereocenters. The highest BCUT2D eigenvalue weighted by Crippen LogP contribution is 2.62. The topological polar surface area (TPSA) is 80.7 Å². The van der Waals surface area contributed by atoms with Crippen molar-refractivity contribution in [2.75, 3.05) is 11.5 Å². The number of benzene rings is 1. The summed E-state index contributed by atoms with van der Waals surface area (Å²) < 4.78 is 141. The maximum atomic E-state index is 13.0. The molecule has 0 heterocycles. The van der Waals surface area contributed by atoms with Crippen LogP contribution in [-0.4, -0.2) is 53.0 Å². The normalized spacial score (nSPS) is 28.4. The van der Waals surface area contributed by atoms with E-state index in [4.69, 9.17) is 0 Å². The van der Waals surface area contributed by atoms with Crippen LogP contribution in [0.4, 0.5) is 35.1 Å². The average Bonchev–Trinajstić information content (AvgIpc) is 3.28. The minimum absolute atomic E-state index is 0.169. The van der Waals surface area contributed by atoms with Crippen LogP contribution in [0.3, 0.4) is 0 Å². The maximum absolute atomic E-state index is 13.0. The van der Waals surface area contributed by atoms with Gasteiger partial charge in [0.15, 0.2) is 0 Å². The van der Waals surface area contributed by atoms with Crippen LogP contribution in [0.15, 0.2) is 18.2 Å². The molecule has 0 aliphatic heterocycles. The fourth-order valence-corrected chi connectivity index (χ4v) is 10.1. The van der Waals surface area contributed by atoms with Gasteiger partial charge >= 0.3 is 27.7 Å². The zero-order valence-corrected chi connectivity index (χ0v) is 28.7. The molecule has 2 saturated carbocycles. The molecule has 1 aromatic rings. The summed E-state index contributed by atoms with van der Waals surface area (Å²) in [5, 5.41) is 10.9. The van der Waals surface area contributed by atoms with E-state index in [1.807, 2.05) is 0 Å². The van der Waals surface area contributed by atoms with Crippen molar-refractivity contribution in [2.45, 2.75) is 133 Å². The van der Waals surface area contributed by atoms with E-state index in [1.165, 1.54) is 12.1 Å². The molecule has 2 fully saturated rings. The number of fused-ring (bicyclic) bond motifs is 5. The Labute approximate surface area is 280 Å². The number of halogens is 8. The lowest BCUT2D eigenvalue weighted by Gasteiger charge is -2.53. The molecule has 0 bridgehead atoms. The SMILES string of the molecule is C[C@]12CC[C@@H]3c4ccc(OS(=O)(=O)C(F)(F)F)cc4C[C@@H](CCCCCCCCCS(=O)CCCC(F)(F)C(F)(F)F)[C@H]3[C@@H]1CC[C@@H]2O. The zero-order chi connectivity index (χ0) is 35.5. The molecular weight excluding hydrogens is 692 g/mol. The summed E-state index contributed by atoms with van der Waals surface area (Å²) in [5.74, 6) is -4.02. The van der Waals surface area contributed by atoms with Crippen LogP contribution < -0.4 is 4.18 Å². The highest BCUT2D eigenvalue weighted by Gasteiger charge is 2.57. The van der Waals surface area contributed by atoms with E-state index in [-0.39, 0.29) is 40.6 Å². The standard InChI is InChI=1S/C33H46F8O5S2/c1-30-17-15-26-25-12-11-24(46-48(44,45)33(39,40)41)21-23(25)20-22(29(26)27(30)13-14-28(30)42)10-7-5-3-2-4-6-8-18-47(43)19-9-16-31(34,35)32(36,37)38/h11-12,21-22,26-29,42H,2-10,13-20H2,1H3/t22-,26-,27+,28+,29-,30+,47?/m1/s1. The molecule has 3 aliphatic rings. The summed E-state index contributed by atoms with van der Waals surface area (Å²) in [4.78, 5) is 0. The third-order valence-corrected chi connectivity index (χ3v) is 13.5. The van der Waals surface area contributed by atoms with Crippen LogP contribution >= 0.6 is 0 Å². The van der Waals surface area contributed by atoms with Crippen molar-refractivity contribution in [3.63, 3.8) is 0 Å². The largest absolute Gasteiger partial charge is 0.534 e. The van der Waals surface area contributed by atoms with E-state index in [0.29, 0.717) is 24.7 Å². The molecule has 48 heavy (non-hydrogen) atoms. The number of alkyl halides is 8. The van der Waals surface area contributed by atoms with Crippen molar-refractivity contribution in [3.05, 3.63) is 29.3 Å². The molecule has 0 radical (unpaired) electrons. The van der Waals surface area contributed by atoms with E-state index in [9.17, 15) is 52.9 Å². The number of hydrogen-bond donors (Lipinski definition) is 1. The van der Waals surface area contributed by atoms with Gasteiger partial charge in [-0.15, -0.1) is 0 Å². The van der Waals surface area contributed by atoms with Crippen molar-refractivity contribution in [1.82, 2.24) is 0 Å². The number of unbranched alkanes of at least 4 members (excludes halogenated alkanes) is 6. The van der Waals surface area contributed by atoms with Crippen LogP contribution in [0.1, 0.15) is 114 Å². The van der Waals surface area contributed by atoms with Gasteiger partial charge in [-0.05, 0) is 104 Å². The van der Waals surface area contributed by atoms with Gasteiger partial charge in [0.25, 0.3) is 0 Å². The van der Waals surface area contributed by atoms with Crippen LogP contribution in [0.2, 0.25) is 0 Å². The summed E-state index contributed by atoms with van der Waals surface area (Å²) in [7, 11) is -7.23. The highest BCUT2D eigenvalue weighted by molar-refractivity contribution is 7.88. The van der Waals surface area contributed by atoms with Crippen LogP contribution in [0.5, 0.6) is 5.75 Å². The van der Waals surface area contributed by atoms with Gasteiger partial charge in [0.05, 0.1) is 6.10 Å². The van der Waals surface area contributed by atoms with Crippen molar-refractivity contribution in [1.29, 1.82) is 0 Å². The number of aliphatic hydroxyl groups excluding tert-OH is 1. The molecule has 5 nitrogen and oxygen atoms in total. The first kappa shape index (κ1) is 39.3. The molecular formula is C33H46F8O5S2. The Morgan fingerprint density at radius 1 is 0.896 bits per heavy atom. The minimum atomic E-state index is -5.79. The number of aliphatic hydroxyl groups is 1. The second-order valence-electron chi connectivity index (χ2n) is 14.2. The molecule has 276 valence electrons. The molecule has 3 aliphatic carbocycles. The maximum Gasteiger partial charge on any atom is 0.534 e. The van der Waals surface area contributed by atoms with Gasteiger partial charge in [-0.3, -0.25) is 4.21 Å². The van der Waals surface area contributed by atoms with Crippen molar-refractivity contribution >= 4 is 20.9 Å². The van der Waals surface area contributed by atoms with Gasteiger partial charge in [-0.1, -0.05) is 51.5 Å². The van der Waals surface area contributed by atoms with E-state index < -0.39 is 51.4 Å². The fraction of sp³-hybridized carbons (Fsp3) is 0.818. The summed E-state index contributed by atoms with van der Waals surface area (Å²) in [5.41, 5.74) is -3.88. The molecule has 0 saturated heterocycles. The highest BCUT2D eigenvalue weighted by atomic mass is 32.2. The predicted molar refractivity (Wildman–Crippen MR) is 167 cm³/mol. The fourth-order valence-electron chi connectivity index (χ4n) is 8.50. The Morgan fingerprint density at radius 2 is 1.52 bits per heavy atom. The summed E-state index contributed by atoms with van der Waals surface area (Å²) >= 11 is 0. The third kappa shape index (κ3) is 9.05. The number of hydrogen-bond acceptors (Lipinski definition) is 5. The lowest BCUT2D eigenvalue weighted by Crippen LogP contribution is -2.47. The zero-order valence-electron chi connectivity index (χ0n) is 27.1. The van der Waals surface area contributed by atoms with Gasteiger partial charge in [0.2, 0.25) is 0 Å². The smallest absolute Gasteiger partial charge is 0.393 e. The van der Waals surface area contributed by atoms with E-state index in [0.717, 1.165) is 81.8 Å². The van der Waals surface area contributed by atoms with Crippen molar-refractivity contribution in [2.24, 2.45) is 23.2 Å². The Kier molecular flexibility index (Phi) is 12.6. The lowest BCUT2D eigenvalue weighted by atomic mass is 9.52. The van der Waals surface area contributed by atoms with Crippen LogP contribution in [-0.2, 0) is 27.3 Å². The van der Waals surface area contributed by atoms with Gasteiger partial charge in [-0.2, -0.15) is 43.5 Å². The number of rotatable bonds is 16. The second-order valence-corrected chi connectivity index (χ2v) is 17.4. The lowest BCUT2D eigenvalue weighted by molar-refractivity contribution is -0.284. The first-order valence-corrected chi connectivity index (χ1v) is 19.8. The Balaban J connectivity index is 1.26. The summed E-state index contributed by atoms with van der Waals surface area (Å²) in [6, 6.07) is 4.44. The van der Waals surface area contributed by atoms with Crippen molar-refractivity contribution in [3.8, 4) is 5.75 Å². The van der Waals surface area contributed by atoms with Crippen LogP contribution in [0.25, 0.3) is 0 Å². The summed E-state index contributed by atoms with van der Waals surface area (Å²) in [6.45, 7) is 2.17. The molecule has 0 amide bonds. The Hall–Kier alpha value is -1.48. The molecule has 0 spiro atoms. The average molecular weight is 739 g/mol. The monoisotopic (exact) mass is 738 g/mol. The van der Waals surface area contributed by atoms with Gasteiger partial charge < -0.3 is 9.29 Å². The van der Waals surface area contributed by atoms with Gasteiger partial charge in [-0.25, -0.2) is 0 Å². The molecule has 4 rings (SSSR count). The second kappa shape index (κ2) is 15.4. The van der Waals surface area contributed by atoms with Gasteiger partial charge in [0.1, 0.15) is 5.75 Å². The van der Waals surface area contributed by atoms with Crippen LogP contribution in [0, 0.1) is 23.2 Å². The Bertz CT molecular complexity index is 1370. The van der Waals surface area contributed by atoms with E-state index in [2.05, 4.69) is 11.1 Å². The predicted octanol–water partition coefficient (Wildman–Crippen LogP) is 9.21. The molecule has 1 N–H and O–H groups in total. The molecule has 15 heteroatoms. The minimum Gasteiger partial charge on any atom is -0.393 e. The quantitative estimate of drug-likeness (QED) is 0.0792. The summed E-state index contributed by atoms with van der Waals surface area (Å²) in [6.07, 6.45) is 3.09.